The molecule has 0 aromatic heterocycles. The van der Waals surface area contributed by atoms with Crippen LogP contribution in [0.15, 0.2) is 41.1 Å². The summed E-state index contributed by atoms with van der Waals surface area (Å²) in [5, 5.41) is 41.1. The first-order valence-electron chi connectivity index (χ1n) is 9.95. The first kappa shape index (κ1) is 21.3. The zero-order valence-electron chi connectivity index (χ0n) is 17.7. The minimum absolute atomic E-state index is 0.00443. The average molecular weight is 402 g/mol. The topological polar surface area (TPSA) is 127 Å². The molecule has 0 bridgehead atoms. The van der Waals surface area contributed by atoms with E-state index in [0.29, 0.717) is 12.0 Å². The Morgan fingerprint density at radius 2 is 1.87 bits per heavy atom. The van der Waals surface area contributed by atoms with Crippen LogP contribution in [0.2, 0.25) is 0 Å². The van der Waals surface area contributed by atoms with Crippen molar-refractivity contribution in [2.24, 2.45) is 28.4 Å². The molecule has 6 nitrogen and oxygen atoms in total. The molecule has 3 rings (SSSR count). The molecule has 0 saturated carbocycles. The van der Waals surface area contributed by atoms with Gasteiger partial charge in [-0.3, -0.25) is 0 Å². The fourth-order valence-electron chi connectivity index (χ4n) is 4.90. The Balaban J connectivity index is 2.35. The third kappa shape index (κ3) is 2.99. The molecule has 2 aliphatic carbocycles. The molecule has 2 aliphatic rings. The molecule has 3 atom stereocenters. The lowest BCUT2D eigenvalue weighted by Gasteiger charge is -2.47. The maximum absolute atomic E-state index is 10.9. The summed E-state index contributed by atoms with van der Waals surface area (Å²) >= 11 is 0. The lowest BCUT2D eigenvalue weighted by atomic mass is 9.54. The largest absolute Gasteiger partial charge is 0.504 e. The van der Waals surface area contributed by atoms with E-state index in [1.165, 1.54) is 7.11 Å². The molecule has 0 amide bonds. The normalized spacial score (nSPS) is 25.2. The SMILES string of the molecule is COc1cccc([C@H]2[C@@H]3C[C@H](C(C)(C)C)CC=C3C(C#N)=C(N)C2(C#N)C#N)c1O. The Morgan fingerprint density at radius 3 is 2.40 bits per heavy atom. The number of nitrogens with two attached hydrogens (primary N) is 1. The zero-order valence-corrected chi connectivity index (χ0v) is 17.7. The molecule has 30 heavy (non-hydrogen) atoms. The molecule has 0 fully saturated rings. The van der Waals surface area contributed by atoms with Crippen LogP contribution >= 0.6 is 0 Å². The van der Waals surface area contributed by atoms with Crippen molar-refractivity contribution in [1.82, 2.24) is 0 Å². The number of rotatable bonds is 2. The van der Waals surface area contributed by atoms with Gasteiger partial charge < -0.3 is 15.6 Å². The van der Waals surface area contributed by atoms with Crippen molar-refractivity contribution < 1.29 is 9.84 Å². The van der Waals surface area contributed by atoms with Gasteiger partial charge in [-0.1, -0.05) is 39.0 Å². The Bertz CT molecular complexity index is 1040. The van der Waals surface area contributed by atoms with Gasteiger partial charge in [0, 0.05) is 11.5 Å². The Hall–Kier alpha value is -3.43. The van der Waals surface area contributed by atoms with Crippen LogP contribution in [0.1, 0.15) is 45.1 Å². The summed E-state index contributed by atoms with van der Waals surface area (Å²) in [6, 6.07) is 11.4. The van der Waals surface area contributed by atoms with Gasteiger partial charge in [0.05, 0.1) is 30.5 Å². The van der Waals surface area contributed by atoms with Crippen LogP contribution in [0.25, 0.3) is 0 Å². The predicted molar refractivity (Wildman–Crippen MR) is 112 cm³/mol. The second kappa shape index (κ2) is 7.43. The van der Waals surface area contributed by atoms with E-state index >= 15 is 0 Å². The van der Waals surface area contributed by atoms with Crippen molar-refractivity contribution in [2.75, 3.05) is 7.11 Å². The summed E-state index contributed by atoms with van der Waals surface area (Å²) in [5.74, 6) is -0.584. The summed E-state index contributed by atoms with van der Waals surface area (Å²) < 4.78 is 5.27. The molecule has 0 heterocycles. The number of nitrogens with zero attached hydrogens (tertiary/aromatic N) is 3. The van der Waals surface area contributed by atoms with Gasteiger partial charge in [-0.25, -0.2) is 0 Å². The van der Waals surface area contributed by atoms with Crippen LogP contribution in [0.4, 0.5) is 0 Å². The molecule has 0 spiro atoms. The second-order valence-electron chi connectivity index (χ2n) is 9.11. The van der Waals surface area contributed by atoms with Gasteiger partial charge in [0.15, 0.2) is 16.9 Å². The highest BCUT2D eigenvalue weighted by molar-refractivity contribution is 5.61. The lowest BCUT2D eigenvalue weighted by Crippen LogP contribution is -2.44. The molecule has 3 N–H and O–H groups in total. The van der Waals surface area contributed by atoms with E-state index in [1.807, 2.05) is 6.08 Å². The molecule has 154 valence electrons. The Labute approximate surface area is 177 Å². The summed E-state index contributed by atoms with van der Waals surface area (Å²) in [4.78, 5) is 0. The standard InChI is InChI=1S/C24H26N4O2/c1-23(2,3)14-8-9-15-17(10-14)20(16-6-5-7-19(30-4)21(16)29)24(12-26,13-27)22(28)18(15)11-25/h5-7,9,14,17,20,29H,8,10,28H2,1-4H3/t14-,17-,20+/m1/s1. The van der Waals surface area contributed by atoms with Gasteiger partial charge in [0.2, 0.25) is 0 Å². The number of aromatic hydroxyl groups is 1. The van der Waals surface area contributed by atoms with Crippen LogP contribution in [0.5, 0.6) is 11.5 Å². The number of hydrogen-bond donors (Lipinski definition) is 2. The van der Waals surface area contributed by atoms with Crippen molar-refractivity contribution in [2.45, 2.75) is 39.5 Å². The fraction of sp³-hybridized carbons (Fsp3) is 0.458. The van der Waals surface area contributed by atoms with E-state index in [-0.39, 0.29) is 40.0 Å². The van der Waals surface area contributed by atoms with Crippen LogP contribution in [0.3, 0.4) is 0 Å². The second-order valence-corrected chi connectivity index (χ2v) is 9.11. The maximum Gasteiger partial charge on any atom is 0.191 e. The number of hydrogen-bond acceptors (Lipinski definition) is 6. The maximum atomic E-state index is 10.9. The van der Waals surface area contributed by atoms with Crippen molar-refractivity contribution in [3.63, 3.8) is 0 Å². The van der Waals surface area contributed by atoms with Crippen molar-refractivity contribution >= 4 is 0 Å². The molecule has 0 unspecified atom stereocenters. The van der Waals surface area contributed by atoms with E-state index in [1.54, 1.807) is 18.2 Å². The van der Waals surface area contributed by atoms with Gasteiger partial charge in [-0.05, 0) is 41.7 Å². The van der Waals surface area contributed by atoms with Crippen molar-refractivity contribution in [1.29, 1.82) is 15.8 Å². The number of para-hydroxylation sites is 1. The highest BCUT2D eigenvalue weighted by Gasteiger charge is 2.55. The number of benzene rings is 1. The van der Waals surface area contributed by atoms with Crippen LogP contribution in [0, 0.1) is 56.7 Å². The van der Waals surface area contributed by atoms with Crippen molar-refractivity contribution in [3.05, 3.63) is 46.7 Å². The quantitative estimate of drug-likeness (QED) is 0.760. The molecular formula is C24H26N4O2. The zero-order chi connectivity index (χ0) is 22.3. The number of methoxy groups -OCH3 is 1. The molecular weight excluding hydrogens is 376 g/mol. The summed E-state index contributed by atoms with van der Waals surface area (Å²) in [6.45, 7) is 6.48. The van der Waals surface area contributed by atoms with Crippen LogP contribution in [-0.4, -0.2) is 12.2 Å². The Kier molecular flexibility index (Phi) is 5.27. The number of fused-ring (bicyclic) bond motifs is 1. The number of phenolic OH excluding ortho intramolecular Hbond substituents is 1. The molecule has 0 saturated heterocycles. The molecule has 0 aliphatic heterocycles. The first-order valence-corrected chi connectivity index (χ1v) is 9.95. The van der Waals surface area contributed by atoms with E-state index in [0.717, 1.165) is 12.0 Å². The fourth-order valence-corrected chi connectivity index (χ4v) is 4.90. The summed E-state index contributed by atoms with van der Waals surface area (Å²) in [7, 11) is 1.45. The average Bonchev–Trinajstić information content (AvgIpc) is 2.72. The van der Waals surface area contributed by atoms with E-state index in [2.05, 4.69) is 39.0 Å². The molecule has 1 aromatic carbocycles. The number of allylic oxidation sites excluding steroid dienone is 4. The monoisotopic (exact) mass is 402 g/mol. The van der Waals surface area contributed by atoms with Gasteiger partial charge in [-0.15, -0.1) is 0 Å². The van der Waals surface area contributed by atoms with Crippen LogP contribution < -0.4 is 10.5 Å². The Morgan fingerprint density at radius 1 is 1.20 bits per heavy atom. The van der Waals surface area contributed by atoms with Gasteiger partial charge in [0.1, 0.15) is 6.07 Å². The predicted octanol–water partition coefficient (Wildman–Crippen LogP) is 4.27. The van der Waals surface area contributed by atoms with E-state index in [9.17, 15) is 20.9 Å². The lowest BCUT2D eigenvalue weighted by molar-refractivity contribution is 0.169. The number of nitriles is 3. The van der Waals surface area contributed by atoms with Gasteiger partial charge >= 0.3 is 0 Å². The smallest absolute Gasteiger partial charge is 0.191 e. The van der Waals surface area contributed by atoms with Gasteiger partial charge in [-0.2, -0.15) is 15.8 Å². The minimum atomic E-state index is -1.77. The summed E-state index contributed by atoms with van der Waals surface area (Å²) in [6.07, 6.45) is 3.50. The molecule has 1 aromatic rings. The minimum Gasteiger partial charge on any atom is -0.504 e. The molecule has 0 radical (unpaired) electrons. The van der Waals surface area contributed by atoms with E-state index in [4.69, 9.17) is 10.5 Å². The molecule has 6 heteroatoms. The van der Waals surface area contributed by atoms with Crippen molar-refractivity contribution in [3.8, 4) is 29.7 Å². The first-order chi connectivity index (χ1) is 14.2. The van der Waals surface area contributed by atoms with Crippen LogP contribution in [-0.2, 0) is 0 Å². The number of phenols is 1. The third-order valence-electron chi connectivity index (χ3n) is 6.69. The van der Waals surface area contributed by atoms with Gasteiger partial charge in [0.25, 0.3) is 0 Å². The third-order valence-corrected chi connectivity index (χ3v) is 6.69. The highest BCUT2D eigenvalue weighted by atomic mass is 16.5. The number of ether oxygens (including phenoxy) is 1. The summed E-state index contributed by atoms with van der Waals surface area (Å²) in [5.41, 5.74) is 5.94. The van der Waals surface area contributed by atoms with E-state index < -0.39 is 11.3 Å². The highest BCUT2D eigenvalue weighted by Crippen LogP contribution is 2.59.